The van der Waals surface area contributed by atoms with Crippen LogP contribution in [0.2, 0.25) is 0 Å². The van der Waals surface area contributed by atoms with Crippen molar-refractivity contribution < 1.29 is 28.9 Å². The van der Waals surface area contributed by atoms with Crippen molar-refractivity contribution in [1.29, 1.82) is 0 Å². The molecule has 10 heteroatoms. The molecule has 46 heavy (non-hydrogen) atoms. The van der Waals surface area contributed by atoms with E-state index < -0.39 is 29.8 Å². The van der Waals surface area contributed by atoms with Crippen molar-refractivity contribution in [3.05, 3.63) is 33.7 Å². The summed E-state index contributed by atoms with van der Waals surface area (Å²) in [6.45, 7) is 18.5. The number of H-pyrrole nitrogens is 1. The largest absolute Gasteiger partial charge is 0.443 e. The van der Waals surface area contributed by atoms with E-state index in [1.807, 2.05) is 41.5 Å². The minimum atomic E-state index is -1.07. The van der Waals surface area contributed by atoms with Crippen molar-refractivity contribution in [1.82, 2.24) is 15.6 Å². The monoisotopic (exact) mass is 649 g/mol. The fourth-order valence-electron chi connectivity index (χ4n) is 6.52. The fraction of sp³-hybridized carbons (Fsp3) is 0.806. The average molecular weight is 650 g/mol. The van der Waals surface area contributed by atoms with Crippen LogP contribution in [0.5, 0.6) is 0 Å². The number of pyridine rings is 1. The lowest BCUT2D eigenvalue weighted by atomic mass is 9.72. The molecule has 264 valence electrons. The van der Waals surface area contributed by atoms with Crippen LogP contribution in [0.4, 0.5) is 4.79 Å². The lowest BCUT2D eigenvalue weighted by Crippen LogP contribution is -2.46. The van der Waals surface area contributed by atoms with Crippen LogP contribution in [-0.4, -0.2) is 73.3 Å². The number of methoxy groups -OCH3 is 1. The van der Waals surface area contributed by atoms with Crippen molar-refractivity contribution in [3.8, 4) is 0 Å². The smallest absolute Gasteiger partial charge is 0.407 e. The fourth-order valence-corrected chi connectivity index (χ4v) is 6.52. The minimum absolute atomic E-state index is 0.00759. The van der Waals surface area contributed by atoms with Gasteiger partial charge in [0.25, 0.3) is 0 Å². The number of aromatic nitrogens is 1. The van der Waals surface area contributed by atoms with Crippen LogP contribution in [0.3, 0.4) is 0 Å². The van der Waals surface area contributed by atoms with Crippen LogP contribution in [0.1, 0.15) is 110 Å². The van der Waals surface area contributed by atoms with Gasteiger partial charge in [0.2, 0.25) is 11.5 Å². The van der Waals surface area contributed by atoms with E-state index in [-0.39, 0.29) is 41.6 Å². The Balaban J connectivity index is 2.38. The molecule has 5 atom stereocenters. The summed E-state index contributed by atoms with van der Waals surface area (Å²) in [5.74, 6) is -0.0659. The third-order valence-electron chi connectivity index (χ3n) is 9.27. The number of alkyl carbamates (subject to hydrolysis) is 1. The topological polar surface area (TPSA) is 139 Å². The van der Waals surface area contributed by atoms with Crippen molar-refractivity contribution in [2.24, 2.45) is 29.6 Å². The standard InChI is InChI=1S/C36H63N3O7/c1-23(2)28(27(12-10-11-15-44-9)30-20-33(41)37-21-25(30)5)19-32(46-35(43)39-36(6,7)8)31(40)18-29(24(3)4)34(42)38-22-26-13-16-45-17-14-26/h20-21,23-24,26-29,31-32,40H,10-19,22H2,1-9H3,(H,37,41)(H,38,42)(H,39,43). The Morgan fingerprint density at radius 2 is 1.76 bits per heavy atom. The van der Waals surface area contributed by atoms with Crippen LogP contribution in [0.15, 0.2) is 17.1 Å². The summed E-state index contributed by atoms with van der Waals surface area (Å²) in [4.78, 5) is 41.9. The molecule has 1 aliphatic heterocycles. The number of aromatic amines is 1. The number of aryl methyl sites for hydroxylation is 1. The van der Waals surface area contributed by atoms with Gasteiger partial charge in [0.15, 0.2) is 0 Å². The number of hydrogen-bond acceptors (Lipinski definition) is 7. The van der Waals surface area contributed by atoms with Gasteiger partial charge in [-0.05, 0) is 107 Å². The summed E-state index contributed by atoms with van der Waals surface area (Å²) in [6.07, 6.45) is 4.21. The Morgan fingerprint density at radius 3 is 2.35 bits per heavy atom. The summed E-state index contributed by atoms with van der Waals surface area (Å²) in [5, 5.41) is 17.8. The molecule has 1 fully saturated rings. The first-order valence-corrected chi connectivity index (χ1v) is 17.3. The quantitative estimate of drug-likeness (QED) is 0.150. The highest BCUT2D eigenvalue weighted by Gasteiger charge is 2.37. The van der Waals surface area contributed by atoms with E-state index >= 15 is 0 Å². The number of carbonyl (C=O) groups is 2. The van der Waals surface area contributed by atoms with Gasteiger partial charge in [0.05, 0.1) is 6.10 Å². The number of ether oxygens (including phenoxy) is 3. The van der Waals surface area contributed by atoms with Gasteiger partial charge in [-0.25, -0.2) is 4.79 Å². The molecule has 10 nitrogen and oxygen atoms in total. The molecular weight excluding hydrogens is 586 g/mol. The van der Waals surface area contributed by atoms with Gasteiger partial charge in [-0.1, -0.05) is 34.1 Å². The minimum Gasteiger partial charge on any atom is -0.443 e. The third kappa shape index (κ3) is 13.7. The van der Waals surface area contributed by atoms with Crippen LogP contribution in [0.25, 0.3) is 0 Å². The summed E-state index contributed by atoms with van der Waals surface area (Å²) < 4.78 is 16.8. The molecule has 2 rings (SSSR count). The second-order valence-corrected chi connectivity index (χ2v) is 14.9. The number of nitrogens with one attached hydrogen (secondary N) is 3. The Labute approximate surface area is 277 Å². The molecule has 4 N–H and O–H groups in total. The van der Waals surface area contributed by atoms with Gasteiger partial charge in [0.1, 0.15) is 6.10 Å². The summed E-state index contributed by atoms with van der Waals surface area (Å²) in [7, 11) is 1.69. The average Bonchev–Trinajstić information content (AvgIpc) is 2.97. The number of rotatable bonds is 18. The van der Waals surface area contributed by atoms with Crippen molar-refractivity contribution in [3.63, 3.8) is 0 Å². The van der Waals surface area contributed by atoms with Gasteiger partial charge in [-0.15, -0.1) is 0 Å². The molecule has 0 aromatic carbocycles. The molecule has 0 saturated carbocycles. The first-order valence-electron chi connectivity index (χ1n) is 17.3. The van der Waals surface area contributed by atoms with Gasteiger partial charge >= 0.3 is 6.09 Å². The second-order valence-electron chi connectivity index (χ2n) is 14.9. The highest BCUT2D eigenvalue weighted by molar-refractivity contribution is 5.79. The molecule has 0 spiro atoms. The zero-order chi connectivity index (χ0) is 34.4. The maximum Gasteiger partial charge on any atom is 0.407 e. The van der Waals surface area contributed by atoms with E-state index in [0.29, 0.717) is 38.7 Å². The number of unbranched alkanes of at least 4 members (excludes halogenated alkanes) is 1. The zero-order valence-corrected chi connectivity index (χ0v) is 29.9. The van der Waals surface area contributed by atoms with Crippen LogP contribution < -0.4 is 16.2 Å². The Bertz CT molecular complexity index is 1110. The van der Waals surface area contributed by atoms with Crippen LogP contribution in [-0.2, 0) is 19.0 Å². The van der Waals surface area contributed by atoms with Gasteiger partial charge < -0.3 is 34.9 Å². The summed E-state index contributed by atoms with van der Waals surface area (Å²) >= 11 is 0. The van der Waals surface area contributed by atoms with Gasteiger partial charge in [-0.2, -0.15) is 0 Å². The van der Waals surface area contributed by atoms with E-state index in [1.165, 1.54) is 0 Å². The number of amides is 2. The predicted octanol–water partition coefficient (Wildman–Crippen LogP) is 5.71. The highest BCUT2D eigenvalue weighted by atomic mass is 16.6. The Hall–Kier alpha value is -2.43. The molecule has 1 aromatic heterocycles. The van der Waals surface area contributed by atoms with E-state index in [1.54, 1.807) is 19.4 Å². The molecule has 2 amide bonds. The zero-order valence-electron chi connectivity index (χ0n) is 29.9. The van der Waals surface area contributed by atoms with E-state index in [2.05, 4.69) is 29.5 Å². The van der Waals surface area contributed by atoms with Crippen LogP contribution in [0, 0.1) is 36.5 Å². The lowest BCUT2D eigenvalue weighted by molar-refractivity contribution is -0.128. The first-order chi connectivity index (χ1) is 21.6. The number of carbonyl (C=O) groups excluding carboxylic acids is 2. The molecule has 2 heterocycles. The summed E-state index contributed by atoms with van der Waals surface area (Å²) in [6, 6.07) is 1.68. The van der Waals surface area contributed by atoms with E-state index in [9.17, 15) is 19.5 Å². The molecule has 0 aliphatic carbocycles. The molecular formula is C36H63N3O7. The maximum absolute atomic E-state index is 13.4. The molecule has 1 saturated heterocycles. The lowest BCUT2D eigenvalue weighted by Gasteiger charge is -2.36. The maximum atomic E-state index is 13.4. The number of hydrogen-bond donors (Lipinski definition) is 4. The Kier molecular flexibility index (Phi) is 16.8. The first kappa shape index (κ1) is 39.7. The predicted molar refractivity (Wildman–Crippen MR) is 182 cm³/mol. The van der Waals surface area contributed by atoms with Gasteiger partial charge in [-0.3, -0.25) is 9.59 Å². The van der Waals surface area contributed by atoms with Gasteiger partial charge in [0, 0.05) is 57.2 Å². The number of aliphatic hydroxyl groups is 1. The second kappa shape index (κ2) is 19.4. The summed E-state index contributed by atoms with van der Waals surface area (Å²) in [5.41, 5.74) is 1.28. The van der Waals surface area contributed by atoms with Crippen molar-refractivity contribution >= 4 is 12.0 Å². The molecule has 1 aliphatic rings. The Morgan fingerprint density at radius 1 is 1.09 bits per heavy atom. The normalized spacial score (nSPS) is 17.7. The molecule has 5 unspecified atom stereocenters. The highest BCUT2D eigenvalue weighted by Crippen LogP contribution is 2.40. The third-order valence-corrected chi connectivity index (χ3v) is 9.27. The molecule has 0 radical (unpaired) electrons. The SMILES string of the molecule is COCCCCC(c1cc(=O)[nH]cc1C)C(CC(OC(=O)NC(C)(C)C)C(O)CC(C(=O)NCC1CCOCC1)C(C)C)C(C)C. The van der Waals surface area contributed by atoms with E-state index in [0.717, 1.165) is 43.2 Å². The van der Waals surface area contributed by atoms with Crippen LogP contribution >= 0.6 is 0 Å². The van der Waals surface area contributed by atoms with Crippen molar-refractivity contribution in [2.75, 3.05) is 33.5 Å². The molecule has 1 aromatic rings. The van der Waals surface area contributed by atoms with Crippen molar-refractivity contribution in [2.45, 2.75) is 124 Å². The van der Waals surface area contributed by atoms with E-state index in [4.69, 9.17) is 14.2 Å². The number of aliphatic hydroxyl groups excluding tert-OH is 1. The molecule has 0 bridgehead atoms.